The van der Waals surface area contributed by atoms with Crippen molar-refractivity contribution < 1.29 is 4.79 Å². The van der Waals surface area contributed by atoms with Crippen LogP contribution in [0.25, 0.3) is 0 Å². The molecule has 2 unspecified atom stereocenters. The van der Waals surface area contributed by atoms with Crippen LogP contribution in [-0.4, -0.2) is 18.5 Å². The molecule has 1 aromatic rings. The minimum atomic E-state index is 0.0154. The SMILES string of the molecule is CCC(C)CC(C)NCC(=O)Nc1cccc(C)c1. The lowest BCUT2D eigenvalue weighted by molar-refractivity contribution is -0.115. The van der Waals surface area contributed by atoms with E-state index in [9.17, 15) is 4.79 Å². The van der Waals surface area contributed by atoms with Gasteiger partial charge in [-0.3, -0.25) is 4.79 Å². The van der Waals surface area contributed by atoms with Crippen LogP contribution >= 0.6 is 0 Å². The Morgan fingerprint density at radius 3 is 2.68 bits per heavy atom. The van der Waals surface area contributed by atoms with Gasteiger partial charge in [0.25, 0.3) is 0 Å². The molecule has 0 fully saturated rings. The minimum Gasteiger partial charge on any atom is -0.325 e. The van der Waals surface area contributed by atoms with Crippen molar-refractivity contribution in [3.05, 3.63) is 29.8 Å². The zero-order valence-corrected chi connectivity index (χ0v) is 12.5. The highest BCUT2D eigenvalue weighted by atomic mass is 16.1. The molecule has 0 saturated carbocycles. The van der Waals surface area contributed by atoms with Crippen molar-refractivity contribution in [2.75, 3.05) is 11.9 Å². The fourth-order valence-corrected chi connectivity index (χ4v) is 2.05. The van der Waals surface area contributed by atoms with Gasteiger partial charge in [-0.1, -0.05) is 32.4 Å². The molecule has 0 aliphatic carbocycles. The van der Waals surface area contributed by atoms with Crippen LogP contribution < -0.4 is 10.6 Å². The second kappa shape index (κ2) is 7.95. The number of hydrogen-bond acceptors (Lipinski definition) is 2. The molecule has 0 heterocycles. The van der Waals surface area contributed by atoms with Gasteiger partial charge in [0.1, 0.15) is 0 Å². The average molecular weight is 262 g/mol. The summed E-state index contributed by atoms with van der Waals surface area (Å²) in [4.78, 5) is 11.8. The van der Waals surface area contributed by atoms with Crippen molar-refractivity contribution in [1.29, 1.82) is 0 Å². The normalized spacial score (nSPS) is 13.9. The van der Waals surface area contributed by atoms with Crippen molar-refractivity contribution >= 4 is 11.6 Å². The van der Waals surface area contributed by atoms with Crippen LogP contribution in [0.2, 0.25) is 0 Å². The zero-order chi connectivity index (χ0) is 14.3. The van der Waals surface area contributed by atoms with Crippen LogP contribution in [0, 0.1) is 12.8 Å². The number of benzene rings is 1. The number of carbonyl (C=O) groups excluding carboxylic acids is 1. The maximum atomic E-state index is 11.8. The number of nitrogens with one attached hydrogen (secondary N) is 2. The van der Waals surface area contributed by atoms with E-state index in [4.69, 9.17) is 0 Å². The monoisotopic (exact) mass is 262 g/mol. The molecule has 0 aliphatic rings. The van der Waals surface area contributed by atoms with Crippen LogP contribution in [0.3, 0.4) is 0 Å². The lowest BCUT2D eigenvalue weighted by Crippen LogP contribution is -2.35. The van der Waals surface area contributed by atoms with E-state index in [1.807, 2.05) is 31.2 Å². The van der Waals surface area contributed by atoms with Crippen molar-refractivity contribution in [1.82, 2.24) is 5.32 Å². The third kappa shape index (κ3) is 6.39. The molecule has 0 radical (unpaired) electrons. The highest BCUT2D eigenvalue weighted by Gasteiger charge is 2.09. The maximum absolute atomic E-state index is 11.8. The lowest BCUT2D eigenvalue weighted by atomic mass is 10.0. The molecule has 3 heteroatoms. The first-order valence-corrected chi connectivity index (χ1v) is 7.11. The van der Waals surface area contributed by atoms with E-state index in [1.54, 1.807) is 0 Å². The Kier molecular flexibility index (Phi) is 6.57. The molecule has 1 aromatic carbocycles. The predicted molar refractivity (Wildman–Crippen MR) is 81.3 cm³/mol. The number of hydrogen-bond donors (Lipinski definition) is 2. The molecular formula is C16H26N2O. The van der Waals surface area contributed by atoms with Crippen molar-refractivity contribution in [3.8, 4) is 0 Å². The summed E-state index contributed by atoms with van der Waals surface area (Å²) in [5, 5.41) is 6.17. The predicted octanol–water partition coefficient (Wildman–Crippen LogP) is 3.35. The summed E-state index contributed by atoms with van der Waals surface area (Å²) in [6.07, 6.45) is 2.29. The molecule has 2 atom stereocenters. The van der Waals surface area contributed by atoms with E-state index < -0.39 is 0 Å². The topological polar surface area (TPSA) is 41.1 Å². The van der Waals surface area contributed by atoms with Gasteiger partial charge in [-0.25, -0.2) is 0 Å². The molecule has 0 aliphatic heterocycles. The average Bonchev–Trinajstić information content (AvgIpc) is 2.36. The van der Waals surface area contributed by atoms with Gasteiger partial charge in [0.15, 0.2) is 0 Å². The van der Waals surface area contributed by atoms with Crippen LogP contribution in [-0.2, 0) is 4.79 Å². The van der Waals surface area contributed by atoms with Gasteiger partial charge < -0.3 is 10.6 Å². The molecular weight excluding hydrogens is 236 g/mol. The fraction of sp³-hybridized carbons (Fsp3) is 0.562. The Hall–Kier alpha value is -1.35. The lowest BCUT2D eigenvalue weighted by Gasteiger charge is -2.17. The first kappa shape index (κ1) is 15.7. The second-order valence-corrected chi connectivity index (χ2v) is 5.45. The summed E-state index contributed by atoms with van der Waals surface area (Å²) in [6, 6.07) is 8.22. The van der Waals surface area contributed by atoms with Gasteiger partial charge >= 0.3 is 0 Å². The van der Waals surface area contributed by atoms with Gasteiger partial charge in [0.05, 0.1) is 6.54 Å². The van der Waals surface area contributed by atoms with Crippen molar-refractivity contribution in [2.24, 2.45) is 5.92 Å². The maximum Gasteiger partial charge on any atom is 0.238 e. The van der Waals surface area contributed by atoms with E-state index >= 15 is 0 Å². The Morgan fingerprint density at radius 2 is 2.05 bits per heavy atom. The third-order valence-corrected chi connectivity index (χ3v) is 3.37. The van der Waals surface area contributed by atoms with Crippen LogP contribution in [0.15, 0.2) is 24.3 Å². The Bertz CT molecular complexity index is 403. The van der Waals surface area contributed by atoms with Crippen LogP contribution in [0.1, 0.15) is 39.2 Å². The summed E-state index contributed by atoms with van der Waals surface area (Å²) in [5.74, 6) is 0.712. The number of rotatable bonds is 7. The number of amides is 1. The highest BCUT2D eigenvalue weighted by molar-refractivity contribution is 5.92. The highest BCUT2D eigenvalue weighted by Crippen LogP contribution is 2.10. The zero-order valence-electron chi connectivity index (χ0n) is 12.5. The molecule has 3 nitrogen and oxygen atoms in total. The van der Waals surface area contributed by atoms with Crippen molar-refractivity contribution in [2.45, 2.75) is 46.6 Å². The molecule has 1 rings (SSSR count). The molecule has 19 heavy (non-hydrogen) atoms. The molecule has 0 saturated heterocycles. The largest absolute Gasteiger partial charge is 0.325 e. The quantitative estimate of drug-likeness (QED) is 0.791. The van der Waals surface area contributed by atoms with Gasteiger partial charge in [0, 0.05) is 11.7 Å². The molecule has 106 valence electrons. The third-order valence-electron chi connectivity index (χ3n) is 3.37. The molecule has 0 spiro atoms. The second-order valence-electron chi connectivity index (χ2n) is 5.45. The van der Waals surface area contributed by atoms with Gasteiger partial charge in [-0.2, -0.15) is 0 Å². The van der Waals surface area contributed by atoms with Gasteiger partial charge in [-0.15, -0.1) is 0 Å². The summed E-state index contributed by atoms with van der Waals surface area (Å²) < 4.78 is 0. The number of anilines is 1. The van der Waals surface area contributed by atoms with E-state index in [-0.39, 0.29) is 5.91 Å². The van der Waals surface area contributed by atoms with Crippen LogP contribution in [0.5, 0.6) is 0 Å². The first-order valence-electron chi connectivity index (χ1n) is 7.11. The summed E-state index contributed by atoms with van der Waals surface area (Å²) in [7, 11) is 0. The van der Waals surface area contributed by atoms with Crippen LogP contribution in [0.4, 0.5) is 5.69 Å². The summed E-state index contributed by atoms with van der Waals surface area (Å²) in [6.45, 7) is 8.95. The molecule has 2 N–H and O–H groups in total. The Balaban J connectivity index is 2.32. The summed E-state index contributed by atoms with van der Waals surface area (Å²) in [5.41, 5.74) is 2.01. The van der Waals surface area contributed by atoms with E-state index in [0.717, 1.165) is 17.7 Å². The first-order chi connectivity index (χ1) is 9.01. The number of aryl methyl sites for hydroxylation is 1. The minimum absolute atomic E-state index is 0.0154. The van der Waals surface area contributed by atoms with Crippen molar-refractivity contribution in [3.63, 3.8) is 0 Å². The summed E-state index contributed by atoms with van der Waals surface area (Å²) >= 11 is 0. The van der Waals surface area contributed by atoms with E-state index in [0.29, 0.717) is 18.5 Å². The standard InChI is InChI=1S/C16H26N2O/c1-5-12(2)9-14(4)17-11-16(19)18-15-8-6-7-13(3)10-15/h6-8,10,12,14,17H,5,9,11H2,1-4H3,(H,18,19). The smallest absolute Gasteiger partial charge is 0.238 e. The Labute approximate surface area is 116 Å². The van der Waals surface area contributed by atoms with Gasteiger partial charge in [0.2, 0.25) is 5.91 Å². The fourth-order valence-electron chi connectivity index (χ4n) is 2.05. The van der Waals surface area contributed by atoms with E-state index in [2.05, 4.69) is 31.4 Å². The molecule has 1 amide bonds. The Morgan fingerprint density at radius 1 is 1.32 bits per heavy atom. The molecule has 0 bridgehead atoms. The van der Waals surface area contributed by atoms with E-state index in [1.165, 1.54) is 6.42 Å². The molecule has 0 aromatic heterocycles. The van der Waals surface area contributed by atoms with Gasteiger partial charge in [-0.05, 0) is 43.9 Å². The number of carbonyl (C=O) groups is 1.